The van der Waals surface area contributed by atoms with Crippen LogP contribution in [0.15, 0.2) is 28.1 Å². The average molecular weight is 329 g/mol. The first kappa shape index (κ1) is 15.9. The molecule has 0 spiro atoms. The highest BCUT2D eigenvalue weighted by atomic mass is 79.9. The molecule has 0 saturated heterocycles. The van der Waals surface area contributed by atoms with Crippen LogP contribution in [-0.4, -0.2) is 41.9 Å². The molecule has 6 heteroatoms. The van der Waals surface area contributed by atoms with E-state index in [0.717, 1.165) is 31.6 Å². The molecule has 1 aromatic rings. The van der Waals surface area contributed by atoms with Crippen LogP contribution in [0.25, 0.3) is 0 Å². The summed E-state index contributed by atoms with van der Waals surface area (Å²) in [6.07, 6.45) is 5.50. The highest BCUT2D eigenvalue weighted by Gasteiger charge is 2.07. The third-order valence-electron chi connectivity index (χ3n) is 2.63. The minimum Gasteiger partial charge on any atom is -0.383 e. The molecule has 1 rings (SSSR count). The van der Waals surface area contributed by atoms with Crippen LogP contribution in [0.5, 0.6) is 0 Å². The first-order chi connectivity index (χ1) is 9.06. The molecule has 1 heterocycles. The van der Waals surface area contributed by atoms with Crippen molar-refractivity contribution >= 4 is 21.6 Å². The van der Waals surface area contributed by atoms with Gasteiger partial charge < -0.3 is 10.2 Å². The molecule has 19 heavy (non-hydrogen) atoms. The zero-order chi connectivity index (χ0) is 14.3. The number of allylic oxidation sites excluding steroid dienone is 1. The molecule has 1 N–H and O–H groups in total. The zero-order valence-electron chi connectivity index (χ0n) is 11.5. The minimum absolute atomic E-state index is 0.141. The first-order valence-electron chi connectivity index (χ1n) is 6.31. The summed E-state index contributed by atoms with van der Waals surface area (Å²) in [5.41, 5.74) is 0.605. The van der Waals surface area contributed by atoms with Gasteiger partial charge in [-0.1, -0.05) is 6.08 Å². The Morgan fingerprint density at radius 2 is 2.26 bits per heavy atom. The third kappa shape index (κ3) is 5.16. The number of hydrogen-bond donors (Lipinski definition) is 1. The number of halogens is 1. The van der Waals surface area contributed by atoms with Gasteiger partial charge >= 0.3 is 0 Å². The lowest BCUT2D eigenvalue weighted by atomic mass is 10.3. The Balaban J connectivity index is 2.53. The van der Waals surface area contributed by atoms with Crippen molar-refractivity contribution in [1.29, 1.82) is 0 Å². The van der Waals surface area contributed by atoms with Crippen molar-refractivity contribution in [3.8, 4) is 0 Å². The Labute approximate surface area is 122 Å². The number of nitrogens with zero attached hydrogens (tertiary/aromatic N) is 3. The second kappa shape index (κ2) is 8.12. The maximum Gasteiger partial charge on any atom is 0.283 e. The molecule has 0 fully saturated rings. The van der Waals surface area contributed by atoms with Crippen molar-refractivity contribution in [2.24, 2.45) is 0 Å². The van der Waals surface area contributed by atoms with Gasteiger partial charge in [0.2, 0.25) is 0 Å². The highest BCUT2D eigenvalue weighted by Crippen LogP contribution is 2.16. The summed E-state index contributed by atoms with van der Waals surface area (Å²) < 4.78 is 1.89. The molecule has 0 atom stereocenters. The Bertz CT molecular complexity index is 470. The van der Waals surface area contributed by atoms with Crippen molar-refractivity contribution < 1.29 is 0 Å². The molecule has 106 valence electrons. The number of aromatic nitrogens is 2. The van der Waals surface area contributed by atoms with E-state index in [2.05, 4.69) is 51.9 Å². The predicted octanol–water partition coefficient (Wildman–Crippen LogP) is 1.95. The van der Waals surface area contributed by atoms with E-state index in [4.69, 9.17) is 0 Å². The molecule has 5 nitrogen and oxygen atoms in total. The lowest BCUT2D eigenvalue weighted by Gasteiger charge is -2.11. The maximum absolute atomic E-state index is 11.9. The minimum atomic E-state index is -0.141. The number of hydrogen-bond acceptors (Lipinski definition) is 4. The largest absolute Gasteiger partial charge is 0.383 e. The summed E-state index contributed by atoms with van der Waals surface area (Å²) >= 11 is 3.32. The van der Waals surface area contributed by atoms with E-state index in [9.17, 15) is 4.79 Å². The summed E-state index contributed by atoms with van der Waals surface area (Å²) in [5, 5.41) is 7.32. The van der Waals surface area contributed by atoms with Crippen molar-refractivity contribution in [3.63, 3.8) is 0 Å². The van der Waals surface area contributed by atoms with Gasteiger partial charge in [0.25, 0.3) is 5.56 Å². The molecule has 0 aliphatic rings. The SMILES string of the molecule is C=CCn1ncc(NCCCCN(C)C)c(Br)c1=O. The van der Waals surface area contributed by atoms with Gasteiger partial charge in [0.15, 0.2) is 0 Å². The van der Waals surface area contributed by atoms with Gasteiger partial charge in [-0.05, 0) is 49.4 Å². The van der Waals surface area contributed by atoms with Crippen LogP contribution in [0.3, 0.4) is 0 Å². The molecule has 0 aliphatic carbocycles. The van der Waals surface area contributed by atoms with E-state index in [1.165, 1.54) is 4.68 Å². The Morgan fingerprint density at radius 1 is 1.53 bits per heavy atom. The molecule has 0 saturated carbocycles. The van der Waals surface area contributed by atoms with Crippen molar-refractivity contribution in [3.05, 3.63) is 33.7 Å². The van der Waals surface area contributed by atoms with Crippen molar-refractivity contribution in [2.75, 3.05) is 32.5 Å². The number of anilines is 1. The van der Waals surface area contributed by atoms with E-state index in [0.29, 0.717) is 11.0 Å². The summed E-state index contributed by atoms with van der Waals surface area (Å²) in [7, 11) is 4.13. The van der Waals surface area contributed by atoms with Gasteiger partial charge in [-0.3, -0.25) is 4.79 Å². The summed E-state index contributed by atoms with van der Waals surface area (Å²) in [5.74, 6) is 0. The Hall–Kier alpha value is -1.14. The number of unbranched alkanes of at least 4 members (excludes halogenated alkanes) is 1. The zero-order valence-corrected chi connectivity index (χ0v) is 13.1. The van der Waals surface area contributed by atoms with Gasteiger partial charge in [-0.15, -0.1) is 6.58 Å². The van der Waals surface area contributed by atoms with E-state index >= 15 is 0 Å². The molecular formula is C13H21BrN4O. The first-order valence-corrected chi connectivity index (χ1v) is 7.10. The van der Waals surface area contributed by atoms with Crippen molar-refractivity contribution in [2.45, 2.75) is 19.4 Å². The van der Waals surface area contributed by atoms with E-state index < -0.39 is 0 Å². The second-order valence-corrected chi connectivity index (χ2v) is 5.38. The molecule has 1 aromatic heterocycles. The summed E-state index contributed by atoms with van der Waals surface area (Å²) in [4.78, 5) is 14.1. The third-order valence-corrected chi connectivity index (χ3v) is 3.40. The smallest absolute Gasteiger partial charge is 0.283 e. The van der Waals surface area contributed by atoms with Crippen LogP contribution in [0.1, 0.15) is 12.8 Å². The molecule has 0 amide bonds. The van der Waals surface area contributed by atoms with Gasteiger partial charge in [0.1, 0.15) is 4.47 Å². The van der Waals surface area contributed by atoms with E-state index in [1.54, 1.807) is 12.3 Å². The summed E-state index contributed by atoms with van der Waals surface area (Å²) in [6.45, 7) is 5.92. The fourth-order valence-corrected chi connectivity index (χ4v) is 2.06. The molecular weight excluding hydrogens is 308 g/mol. The van der Waals surface area contributed by atoms with Gasteiger partial charge in [0.05, 0.1) is 18.4 Å². The van der Waals surface area contributed by atoms with Crippen LogP contribution in [0.2, 0.25) is 0 Å². The topological polar surface area (TPSA) is 50.2 Å². The average Bonchev–Trinajstić information content (AvgIpc) is 2.37. The van der Waals surface area contributed by atoms with Crippen LogP contribution in [0, 0.1) is 0 Å². The fourth-order valence-electron chi connectivity index (χ4n) is 1.62. The fraction of sp³-hybridized carbons (Fsp3) is 0.538. The molecule has 0 aliphatic heterocycles. The van der Waals surface area contributed by atoms with Crippen LogP contribution in [-0.2, 0) is 6.54 Å². The summed E-state index contributed by atoms with van der Waals surface area (Å²) in [6, 6.07) is 0. The van der Waals surface area contributed by atoms with E-state index in [-0.39, 0.29) is 5.56 Å². The lowest BCUT2D eigenvalue weighted by molar-refractivity contribution is 0.396. The van der Waals surface area contributed by atoms with Gasteiger partial charge in [-0.2, -0.15) is 5.10 Å². The van der Waals surface area contributed by atoms with Crippen molar-refractivity contribution in [1.82, 2.24) is 14.7 Å². The van der Waals surface area contributed by atoms with Crippen LogP contribution >= 0.6 is 15.9 Å². The van der Waals surface area contributed by atoms with Crippen LogP contribution in [0.4, 0.5) is 5.69 Å². The quantitative estimate of drug-likeness (QED) is 0.585. The van der Waals surface area contributed by atoms with Gasteiger partial charge in [-0.25, -0.2) is 4.68 Å². The molecule has 0 unspecified atom stereocenters. The Kier molecular flexibility index (Phi) is 6.80. The maximum atomic E-state index is 11.9. The molecule has 0 aromatic carbocycles. The normalized spacial score (nSPS) is 10.7. The second-order valence-electron chi connectivity index (χ2n) is 4.59. The molecule has 0 radical (unpaired) electrons. The standard InChI is InChI=1S/C13H21BrN4O/c1-4-8-18-13(19)12(14)11(10-16-18)15-7-5-6-9-17(2)3/h4,10,15H,1,5-9H2,2-3H3. The van der Waals surface area contributed by atoms with Crippen LogP contribution < -0.4 is 10.9 Å². The lowest BCUT2D eigenvalue weighted by Crippen LogP contribution is -2.24. The monoisotopic (exact) mass is 328 g/mol. The number of nitrogens with one attached hydrogen (secondary N) is 1. The molecule has 0 bridgehead atoms. The highest BCUT2D eigenvalue weighted by molar-refractivity contribution is 9.10. The van der Waals surface area contributed by atoms with E-state index in [1.807, 2.05) is 0 Å². The number of rotatable bonds is 8. The van der Waals surface area contributed by atoms with Gasteiger partial charge in [0, 0.05) is 6.54 Å². The Morgan fingerprint density at radius 3 is 2.89 bits per heavy atom. The predicted molar refractivity (Wildman–Crippen MR) is 82.7 cm³/mol.